The highest BCUT2D eigenvalue weighted by Gasteiger charge is 2.31. The number of hydrogen-bond acceptors (Lipinski definition) is 8. The Kier molecular flexibility index (Phi) is 5.71. The third-order valence-corrected chi connectivity index (χ3v) is 8.59. The maximum atomic E-state index is 12.7. The number of aryl methyl sites for hydroxylation is 1. The molecular formula is C22H19F3N4O4S2. The minimum Gasteiger partial charge on any atom is -0.406 e. The first-order valence-electron chi connectivity index (χ1n) is 10.6. The maximum Gasteiger partial charge on any atom is 0.573 e. The fourth-order valence-corrected chi connectivity index (χ4v) is 6.90. The Morgan fingerprint density at radius 1 is 1.20 bits per heavy atom. The van der Waals surface area contributed by atoms with Gasteiger partial charge in [0, 0.05) is 25.1 Å². The molecule has 184 valence electrons. The van der Waals surface area contributed by atoms with E-state index in [9.17, 15) is 26.4 Å². The van der Waals surface area contributed by atoms with Crippen LogP contribution < -0.4 is 10.1 Å². The van der Waals surface area contributed by atoms with Crippen LogP contribution in [0.5, 0.6) is 5.75 Å². The van der Waals surface area contributed by atoms with Crippen molar-refractivity contribution in [1.29, 1.82) is 0 Å². The number of nitrogens with one attached hydrogen (secondary N) is 1. The van der Waals surface area contributed by atoms with Gasteiger partial charge in [-0.15, -0.1) is 13.2 Å². The number of anilines is 2. The Balaban J connectivity index is 1.36. The van der Waals surface area contributed by atoms with Gasteiger partial charge in [-0.3, -0.25) is 4.79 Å². The van der Waals surface area contributed by atoms with Crippen molar-refractivity contribution in [1.82, 2.24) is 14.5 Å². The number of rotatable bonds is 6. The van der Waals surface area contributed by atoms with Crippen molar-refractivity contribution in [2.24, 2.45) is 13.0 Å². The number of halogens is 3. The first-order chi connectivity index (χ1) is 16.5. The topological polar surface area (TPSA) is 103 Å². The summed E-state index contributed by atoms with van der Waals surface area (Å²) in [7, 11) is -1.27. The van der Waals surface area contributed by atoms with Crippen LogP contribution in [0.2, 0.25) is 0 Å². The van der Waals surface area contributed by atoms with Gasteiger partial charge in [0.1, 0.15) is 5.75 Å². The monoisotopic (exact) mass is 524 g/mol. The highest BCUT2D eigenvalue weighted by Crippen LogP contribution is 2.33. The molecule has 0 bridgehead atoms. The van der Waals surface area contributed by atoms with Gasteiger partial charge in [-0.05, 0) is 42.7 Å². The van der Waals surface area contributed by atoms with Gasteiger partial charge >= 0.3 is 6.36 Å². The number of fused-ring (bicyclic) bond motifs is 2. The molecule has 1 saturated heterocycles. The zero-order chi connectivity index (χ0) is 25.0. The molecule has 13 heteroatoms. The van der Waals surface area contributed by atoms with Crippen LogP contribution in [0.4, 0.5) is 24.3 Å². The van der Waals surface area contributed by atoms with Crippen LogP contribution >= 0.6 is 11.3 Å². The van der Waals surface area contributed by atoms with Crippen molar-refractivity contribution >= 4 is 59.3 Å². The number of ether oxygens (including phenoxy) is 1. The number of imidazole rings is 1. The van der Waals surface area contributed by atoms with E-state index in [0.717, 1.165) is 16.9 Å². The maximum absolute atomic E-state index is 12.7. The Labute approximate surface area is 201 Å². The minimum absolute atomic E-state index is 0.0463. The third-order valence-electron chi connectivity index (χ3n) is 5.82. The molecule has 1 N–H and O–H groups in total. The van der Waals surface area contributed by atoms with Crippen LogP contribution in [0.3, 0.4) is 0 Å². The molecule has 2 aromatic carbocycles. The third kappa shape index (κ3) is 5.10. The number of Topliss-reactive ketones (excluding diaryl/α,β-unsaturated/α-hetero) is 1. The molecule has 0 saturated carbocycles. The standard InChI is InChI=1S/C22H19F3N4O4S2/c1-29-17-5-2-13(18(30)8-12-6-7-35(31,32)11-12)9-16(17)26-20(29)28-21-27-15-4-3-14(10-19(15)34-21)33-22(23,24)25/h2-5,9-10,12H,6-8,11H2,1H3,(H,26,27,28). The molecule has 0 spiro atoms. The number of nitrogens with zero attached hydrogens (tertiary/aromatic N) is 3. The minimum atomic E-state index is -4.78. The molecule has 8 nitrogen and oxygen atoms in total. The zero-order valence-corrected chi connectivity index (χ0v) is 19.9. The molecule has 3 heterocycles. The molecular weight excluding hydrogens is 505 g/mol. The predicted molar refractivity (Wildman–Crippen MR) is 126 cm³/mol. The molecule has 1 aliphatic rings. The Morgan fingerprint density at radius 3 is 2.71 bits per heavy atom. The van der Waals surface area contributed by atoms with Gasteiger partial charge in [0.25, 0.3) is 0 Å². The number of hydrogen-bond donors (Lipinski definition) is 1. The summed E-state index contributed by atoms with van der Waals surface area (Å²) >= 11 is 1.15. The van der Waals surface area contributed by atoms with Gasteiger partial charge in [-0.2, -0.15) is 0 Å². The number of thiazole rings is 1. The number of carbonyl (C=O) groups is 1. The molecule has 1 aliphatic heterocycles. The molecule has 1 unspecified atom stereocenters. The highest BCUT2D eigenvalue weighted by molar-refractivity contribution is 7.91. The molecule has 1 fully saturated rings. The number of sulfone groups is 1. The van der Waals surface area contributed by atoms with Crippen molar-refractivity contribution in [2.75, 3.05) is 16.8 Å². The molecule has 4 aromatic rings. The van der Waals surface area contributed by atoms with Crippen LogP contribution in [0, 0.1) is 5.92 Å². The number of alkyl halides is 3. The normalized spacial score (nSPS) is 17.8. The Bertz CT molecular complexity index is 1560. The number of ketones is 1. The van der Waals surface area contributed by atoms with Gasteiger partial charge in [-0.1, -0.05) is 11.3 Å². The number of carbonyl (C=O) groups excluding carboxylic acids is 1. The molecule has 35 heavy (non-hydrogen) atoms. The molecule has 1 atom stereocenters. The average Bonchev–Trinajstić information content (AvgIpc) is 3.41. The van der Waals surface area contributed by atoms with Crippen LogP contribution in [-0.2, 0) is 16.9 Å². The van der Waals surface area contributed by atoms with E-state index in [1.54, 1.807) is 29.8 Å². The van der Waals surface area contributed by atoms with Gasteiger partial charge < -0.3 is 14.6 Å². The molecule has 2 aromatic heterocycles. The van der Waals surface area contributed by atoms with Crippen molar-refractivity contribution < 1.29 is 31.1 Å². The SMILES string of the molecule is Cn1c(Nc2nc3ccc(OC(F)(F)F)cc3s2)nc2cc(C(=O)CC3CCS(=O)(=O)C3)ccc21. The van der Waals surface area contributed by atoms with E-state index in [0.29, 0.717) is 38.8 Å². The summed E-state index contributed by atoms with van der Waals surface area (Å²) in [6, 6.07) is 9.05. The second-order valence-corrected chi connectivity index (χ2v) is 11.7. The first-order valence-corrected chi connectivity index (χ1v) is 13.2. The smallest absolute Gasteiger partial charge is 0.406 e. The van der Waals surface area contributed by atoms with E-state index in [4.69, 9.17) is 0 Å². The zero-order valence-electron chi connectivity index (χ0n) is 18.3. The lowest BCUT2D eigenvalue weighted by Gasteiger charge is -2.07. The molecule has 5 rings (SSSR count). The van der Waals surface area contributed by atoms with Crippen molar-refractivity contribution in [3.63, 3.8) is 0 Å². The van der Waals surface area contributed by atoms with E-state index >= 15 is 0 Å². The first kappa shape index (κ1) is 23.5. The Hall–Kier alpha value is -3.19. The molecule has 0 amide bonds. The lowest BCUT2D eigenvalue weighted by molar-refractivity contribution is -0.274. The van der Waals surface area contributed by atoms with Gasteiger partial charge in [0.2, 0.25) is 5.95 Å². The summed E-state index contributed by atoms with van der Waals surface area (Å²) < 4.78 is 67.0. The number of benzene rings is 2. The van der Waals surface area contributed by atoms with Gasteiger partial charge in [0.05, 0.1) is 32.8 Å². The second-order valence-electron chi connectivity index (χ2n) is 8.42. The lowest BCUT2D eigenvalue weighted by atomic mass is 9.97. The summed E-state index contributed by atoms with van der Waals surface area (Å²) in [5, 5.41) is 3.51. The van der Waals surface area contributed by atoms with Crippen LogP contribution in [-0.4, -0.2) is 46.6 Å². The fourth-order valence-electron chi connectivity index (χ4n) is 4.15. The van der Waals surface area contributed by atoms with Crippen molar-refractivity contribution in [2.45, 2.75) is 19.2 Å². The van der Waals surface area contributed by atoms with Gasteiger partial charge in [-0.25, -0.2) is 18.4 Å². The predicted octanol–water partition coefficient (Wildman–Crippen LogP) is 4.83. The highest BCUT2D eigenvalue weighted by atomic mass is 32.2. The average molecular weight is 525 g/mol. The quantitative estimate of drug-likeness (QED) is 0.360. The molecule has 0 radical (unpaired) electrons. The van der Waals surface area contributed by atoms with E-state index < -0.39 is 16.2 Å². The van der Waals surface area contributed by atoms with E-state index in [2.05, 4.69) is 20.0 Å². The van der Waals surface area contributed by atoms with Crippen LogP contribution in [0.25, 0.3) is 21.3 Å². The molecule has 0 aliphatic carbocycles. The summed E-state index contributed by atoms with van der Waals surface area (Å²) in [6.45, 7) is 0. The van der Waals surface area contributed by atoms with Crippen LogP contribution in [0.1, 0.15) is 23.2 Å². The van der Waals surface area contributed by atoms with Gasteiger partial charge in [0.15, 0.2) is 20.8 Å². The summed E-state index contributed by atoms with van der Waals surface area (Å²) in [4.78, 5) is 21.6. The summed E-state index contributed by atoms with van der Waals surface area (Å²) in [5.74, 6) is 0.00172. The fraction of sp³-hybridized carbons (Fsp3) is 0.318. The van der Waals surface area contributed by atoms with Crippen molar-refractivity contribution in [3.8, 4) is 5.75 Å². The van der Waals surface area contributed by atoms with E-state index in [1.165, 1.54) is 18.2 Å². The Morgan fingerprint density at radius 2 is 2.00 bits per heavy atom. The summed E-state index contributed by atoms with van der Waals surface area (Å²) in [5.41, 5.74) is 2.30. The van der Waals surface area contributed by atoms with E-state index in [-0.39, 0.29) is 35.4 Å². The van der Waals surface area contributed by atoms with Crippen LogP contribution in [0.15, 0.2) is 36.4 Å². The van der Waals surface area contributed by atoms with E-state index in [1.807, 2.05) is 0 Å². The second kappa shape index (κ2) is 8.48. The largest absolute Gasteiger partial charge is 0.573 e. The van der Waals surface area contributed by atoms with Crippen molar-refractivity contribution in [3.05, 3.63) is 42.0 Å². The summed E-state index contributed by atoms with van der Waals surface area (Å²) in [6.07, 6.45) is -4.10. The number of aromatic nitrogens is 3. The lowest BCUT2D eigenvalue weighted by Crippen LogP contribution is -2.16.